The van der Waals surface area contributed by atoms with Gasteiger partial charge in [0.25, 0.3) is 0 Å². The molecule has 0 bridgehead atoms. The Morgan fingerprint density at radius 1 is 0.920 bits per heavy atom. The number of thiophene rings is 1. The minimum Gasteiger partial charge on any atom is -0.490 e. The lowest BCUT2D eigenvalue weighted by Gasteiger charge is -2.13. The highest BCUT2D eigenvalue weighted by Gasteiger charge is 2.16. The van der Waals surface area contributed by atoms with E-state index in [-0.39, 0.29) is 5.82 Å². The van der Waals surface area contributed by atoms with Gasteiger partial charge in [0.15, 0.2) is 0 Å². The van der Waals surface area contributed by atoms with Gasteiger partial charge in [0, 0.05) is 15.3 Å². The Hall–Kier alpha value is -2.13. The highest BCUT2D eigenvalue weighted by Crippen LogP contribution is 2.33. The summed E-state index contributed by atoms with van der Waals surface area (Å²) in [6.45, 7) is 2.04. The fraction of sp³-hybridized carbons (Fsp3) is 0.273. The Morgan fingerprint density at radius 3 is 2.28 bits per heavy atom. The average Bonchev–Trinajstić information content (AvgIpc) is 3.27. The van der Waals surface area contributed by atoms with Crippen LogP contribution in [-0.2, 0) is 0 Å². The topological polar surface area (TPSA) is 9.23 Å². The monoisotopic (exact) mass is 352 g/mol. The van der Waals surface area contributed by atoms with E-state index >= 15 is 0 Å². The molecular formula is C22H21FOS. The number of aryl methyl sites for hydroxylation is 1. The molecule has 1 saturated carbocycles. The predicted octanol–water partition coefficient (Wildman–Crippen LogP) is 6.85. The summed E-state index contributed by atoms with van der Waals surface area (Å²) < 4.78 is 20.6. The van der Waals surface area contributed by atoms with E-state index in [0.29, 0.717) is 11.7 Å². The second-order valence-corrected chi connectivity index (χ2v) is 7.94. The van der Waals surface area contributed by atoms with E-state index in [1.54, 1.807) is 17.4 Å². The van der Waals surface area contributed by atoms with Crippen LogP contribution in [0.4, 0.5) is 4.39 Å². The maximum atomic E-state index is 14.6. The fourth-order valence-corrected chi connectivity index (χ4v) is 4.29. The minimum absolute atomic E-state index is 0.175. The molecule has 4 rings (SSSR count). The number of hydrogen-bond donors (Lipinski definition) is 0. The Morgan fingerprint density at radius 2 is 1.64 bits per heavy atom. The largest absolute Gasteiger partial charge is 0.490 e. The lowest BCUT2D eigenvalue weighted by Crippen LogP contribution is -2.10. The van der Waals surface area contributed by atoms with Gasteiger partial charge in [-0.3, -0.25) is 0 Å². The molecule has 0 radical (unpaired) electrons. The molecule has 0 atom stereocenters. The first-order chi connectivity index (χ1) is 12.2. The quantitative estimate of drug-likeness (QED) is 0.499. The molecule has 0 N–H and O–H groups in total. The summed E-state index contributed by atoms with van der Waals surface area (Å²) in [6, 6.07) is 17.5. The van der Waals surface area contributed by atoms with Crippen LogP contribution in [-0.4, -0.2) is 6.10 Å². The Balaban J connectivity index is 1.54. The summed E-state index contributed by atoms with van der Waals surface area (Å²) in [5.41, 5.74) is 2.57. The van der Waals surface area contributed by atoms with Crippen LogP contribution in [0.3, 0.4) is 0 Å². The second-order valence-electron chi connectivity index (χ2n) is 6.65. The van der Waals surface area contributed by atoms with Crippen molar-refractivity contribution in [3.63, 3.8) is 0 Å². The van der Waals surface area contributed by atoms with Gasteiger partial charge in [-0.15, -0.1) is 11.3 Å². The molecule has 1 aromatic heterocycles. The van der Waals surface area contributed by atoms with Gasteiger partial charge in [0.05, 0.1) is 6.10 Å². The van der Waals surface area contributed by atoms with E-state index in [4.69, 9.17) is 4.74 Å². The molecule has 3 heteroatoms. The zero-order valence-corrected chi connectivity index (χ0v) is 15.1. The second kappa shape index (κ2) is 7.01. The van der Waals surface area contributed by atoms with E-state index in [1.165, 1.54) is 17.7 Å². The molecule has 0 amide bonds. The van der Waals surface area contributed by atoms with E-state index in [9.17, 15) is 4.39 Å². The molecule has 0 saturated heterocycles. The maximum absolute atomic E-state index is 14.6. The van der Waals surface area contributed by atoms with Crippen LogP contribution in [0.25, 0.3) is 21.6 Å². The van der Waals surface area contributed by atoms with Crippen molar-refractivity contribution in [3.05, 3.63) is 65.3 Å². The lowest BCUT2D eigenvalue weighted by atomic mass is 10.0. The molecule has 0 aliphatic heterocycles. The molecular weight excluding hydrogens is 331 g/mol. The molecule has 0 unspecified atom stereocenters. The fourth-order valence-electron chi connectivity index (χ4n) is 3.40. The van der Waals surface area contributed by atoms with Crippen molar-refractivity contribution in [3.8, 4) is 27.3 Å². The molecule has 1 aliphatic rings. The normalized spacial score (nSPS) is 14.8. The highest BCUT2D eigenvalue weighted by atomic mass is 32.1. The number of hydrogen-bond acceptors (Lipinski definition) is 2. The van der Waals surface area contributed by atoms with Gasteiger partial charge in [0.1, 0.15) is 11.6 Å². The molecule has 1 aliphatic carbocycles. The van der Waals surface area contributed by atoms with Gasteiger partial charge in [0.2, 0.25) is 0 Å². The van der Waals surface area contributed by atoms with Crippen LogP contribution in [0, 0.1) is 12.7 Å². The smallest absolute Gasteiger partial charge is 0.132 e. The molecule has 1 heterocycles. The van der Waals surface area contributed by atoms with Gasteiger partial charge >= 0.3 is 0 Å². The first kappa shape index (κ1) is 16.3. The molecule has 2 aromatic carbocycles. The summed E-state index contributed by atoms with van der Waals surface area (Å²) in [7, 11) is 0. The van der Waals surface area contributed by atoms with Crippen LogP contribution in [0.2, 0.25) is 0 Å². The number of rotatable bonds is 4. The van der Waals surface area contributed by atoms with E-state index < -0.39 is 0 Å². The maximum Gasteiger partial charge on any atom is 0.132 e. The van der Waals surface area contributed by atoms with Gasteiger partial charge < -0.3 is 4.74 Å². The zero-order chi connectivity index (χ0) is 17.2. The summed E-state index contributed by atoms with van der Waals surface area (Å²) >= 11 is 1.62. The van der Waals surface area contributed by atoms with Gasteiger partial charge in [-0.2, -0.15) is 0 Å². The van der Waals surface area contributed by atoms with Crippen molar-refractivity contribution < 1.29 is 9.13 Å². The van der Waals surface area contributed by atoms with Crippen molar-refractivity contribution in [1.82, 2.24) is 0 Å². The van der Waals surface area contributed by atoms with Crippen LogP contribution in [0.1, 0.15) is 30.6 Å². The summed E-state index contributed by atoms with van der Waals surface area (Å²) in [5.74, 6) is 0.729. The van der Waals surface area contributed by atoms with Crippen LogP contribution >= 0.6 is 11.3 Å². The Bertz CT molecular complexity index is 860. The number of ether oxygens (including phenoxy) is 1. The SMILES string of the molecule is Cc1ccc(-c2ccc(-c3ccc(OC4CCCC4)cc3)cc2F)s1. The molecule has 3 aromatic rings. The van der Waals surface area contributed by atoms with Crippen LogP contribution in [0.5, 0.6) is 5.75 Å². The Labute approximate surface area is 152 Å². The standard InChI is InChI=1S/C22H21FOS/c1-15-6-13-22(25-15)20-12-9-17(14-21(20)23)16-7-10-19(11-8-16)24-18-4-2-3-5-18/h6-14,18H,2-5H2,1H3. The molecule has 0 spiro atoms. The molecule has 1 nitrogen and oxygen atoms in total. The van der Waals surface area contributed by atoms with Crippen molar-refractivity contribution in [2.75, 3.05) is 0 Å². The van der Waals surface area contributed by atoms with E-state index in [1.807, 2.05) is 55.5 Å². The Kier molecular flexibility index (Phi) is 4.58. The van der Waals surface area contributed by atoms with E-state index in [0.717, 1.165) is 34.6 Å². The average molecular weight is 352 g/mol. The van der Waals surface area contributed by atoms with Gasteiger partial charge in [-0.25, -0.2) is 4.39 Å². The van der Waals surface area contributed by atoms with Crippen molar-refractivity contribution in [2.24, 2.45) is 0 Å². The summed E-state index contributed by atoms with van der Waals surface area (Å²) in [5, 5.41) is 0. The molecule has 25 heavy (non-hydrogen) atoms. The third-order valence-corrected chi connectivity index (χ3v) is 5.80. The van der Waals surface area contributed by atoms with Crippen LogP contribution < -0.4 is 4.74 Å². The summed E-state index contributed by atoms with van der Waals surface area (Å²) in [4.78, 5) is 2.16. The van der Waals surface area contributed by atoms with Crippen molar-refractivity contribution in [1.29, 1.82) is 0 Å². The summed E-state index contributed by atoms with van der Waals surface area (Å²) in [6.07, 6.45) is 5.18. The highest BCUT2D eigenvalue weighted by molar-refractivity contribution is 7.15. The van der Waals surface area contributed by atoms with Crippen molar-refractivity contribution >= 4 is 11.3 Å². The zero-order valence-electron chi connectivity index (χ0n) is 14.3. The van der Waals surface area contributed by atoms with Gasteiger partial charge in [-0.05, 0) is 80.1 Å². The number of halogens is 1. The number of benzene rings is 2. The first-order valence-corrected chi connectivity index (χ1v) is 9.64. The molecule has 128 valence electrons. The first-order valence-electron chi connectivity index (χ1n) is 8.82. The van der Waals surface area contributed by atoms with Crippen molar-refractivity contribution in [2.45, 2.75) is 38.7 Å². The molecule has 1 fully saturated rings. The lowest BCUT2D eigenvalue weighted by molar-refractivity contribution is 0.210. The minimum atomic E-state index is -0.175. The predicted molar refractivity (Wildman–Crippen MR) is 103 cm³/mol. The van der Waals surface area contributed by atoms with E-state index in [2.05, 4.69) is 0 Å². The third kappa shape index (κ3) is 3.62. The van der Waals surface area contributed by atoms with Crippen LogP contribution in [0.15, 0.2) is 54.6 Å². The third-order valence-electron chi connectivity index (χ3n) is 4.77. The van der Waals surface area contributed by atoms with Gasteiger partial charge in [-0.1, -0.05) is 18.2 Å².